The number of allylic oxidation sites excluding steroid dienone is 3. The van der Waals surface area contributed by atoms with Gasteiger partial charge in [-0.1, -0.05) is 94.6 Å². The zero-order valence-corrected chi connectivity index (χ0v) is 19.4. The van der Waals surface area contributed by atoms with Gasteiger partial charge in [-0.15, -0.1) is 5.54 Å². The molecule has 1 aliphatic rings. The first-order valence-electron chi connectivity index (χ1n) is 8.10. The van der Waals surface area contributed by atoms with Crippen LogP contribution in [-0.4, -0.2) is 13.8 Å². The van der Waals surface area contributed by atoms with Gasteiger partial charge in [0, 0.05) is 0 Å². The van der Waals surface area contributed by atoms with Crippen molar-refractivity contribution in [3.63, 3.8) is 0 Å². The zero-order valence-electron chi connectivity index (χ0n) is 16.9. The van der Waals surface area contributed by atoms with Crippen molar-refractivity contribution in [3.8, 4) is 0 Å². The standard InChI is InChI=1S/C15H27NSi.C5H8.Ti/c1-10-11(2)13(4)14(12(10)3)17(8,9)16-15(5,6)7;1-3-5-4-2;/h1-9H3;3-5H,1H2,2H3;/q-1;;+2/b;5-4+;. The largest absolute Gasteiger partial charge is 2.00 e. The minimum Gasteiger partial charge on any atom is -0.659 e. The fourth-order valence-corrected chi connectivity index (χ4v) is 7.17. The van der Waals surface area contributed by atoms with E-state index in [0.717, 1.165) is 0 Å². The Hall–Kier alpha value is 0.371. The topological polar surface area (TPSA) is 14.1 Å². The van der Waals surface area contributed by atoms with Crippen molar-refractivity contribution in [1.82, 2.24) is 0 Å². The van der Waals surface area contributed by atoms with Crippen LogP contribution >= 0.6 is 0 Å². The first-order chi connectivity index (χ1) is 9.89. The van der Waals surface area contributed by atoms with Gasteiger partial charge in [-0.3, -0.25) is 0 Å². The third-order valence-corrected chi connectivity index (χ3v) is 7.20. The first-order valence-corrected chi connectivity index (χ1v) is 11.0. The summed E-state index contributed by atoms with van der Waals surface area (Å²) in [7, 11) is -1.69. The molecule has 0 aromatic heterocycles. The molecule has 0 atom stereocenters. The zero-order chi connectivity index (χ0) is 17.7. The van der Waals surface area contributed by atoms with Gasteiger partial charge in [-0.05, 0) is 36.1 Å². The Morgan fingerprint density at radius 2 is 1.30 bits per heavy atom. The monoisotopic (exact) mass is 365 g/mol. The van der Waals surface area contributed by atoms with Gasteiger partial charge in [-0.2, -0.15) is 0 Å². The molecule has 23 heavy (non-hydrogen) atoms. The van der Waals surface area contributed by atoms with Gasteiger partial charge in [0.05, 0.1) is 0 Å². The van der Waals surface area contributed by atoms with Crippen molar-refractivity contribution >= 4 is 8.24 Å². The predicted octanol–water partition coefficient (Wildman–Crippen LogP) is 6.61. The van der Waals surface area contributed by atoms with Gasteiger partial charge < -0.3 is 4.98 Å². The molecule has 0 unspecified atom stereocenters. The number of hydrogen-bond acceptors (Lipinski definition) is 0. The summed E-state index contributed by atoms with van der Waals surface area (Å²) in [6.45, 7) is 25.8. The summed E-state index contributed by atoms with van der Waals surface area (Å²) in [4.78, 5) is 5.13. The molecule has 0 saturated heterocycles. The molecule has 1 fully saturated rings. The molecule has 0 heterocycles. The second-order valence-electron chi connectivity index (χ2n) is 7.48. The van der Waals surface area contributed by atoms with Crippen molar-refractivity contribution in [2.24, 2.45) is 0 Å². The molecule has 0 N–H and O–H groups in total. The van der Waals surface area contributed by atoms with E-state index < -0.39 is 8.24 Å². The Balaban J connectivity index is 0. The van der Waals surface area contributed by atoms with E-state index >= 15 is 0 Å². The summed E-state index contributed by atoms with van der Waals surface area (Å²) in [5.74, 6) is 5.87. The number of hydrogen-bond donors (Lipinski definition) is 0. The number of nitrogens with zero attached hydrogens (tertiary/aromatic N) is 1. The van der Waals surface area contributed by atoms with Crippen molar-refractivity contribution in [2.75, 3.05) is 0 Å². The van der Waals surface area contributed by atoms with Gasteiger partial charge in [0.25, 0.3) is 0 Å². The minimum absolute atomic E-state index is 0. The van der Waals surface area contributed by atoms with Crippen molar-refractivity contribution < 1.29 is 21.7 Å². The predicted molar refractivity (Wildman–Crippen MR) is 105 cm³/mol. The van der Waals surface area contributed by atoms with E-state index in [0.29, 0.717) is 0 Å². The van der Waals surface area contributed by atoms with Gasteiger partial charge in [0.2, 0.25) is 0 Å². The van der Waals surface area contributed by atoms with E-state index in [1.807, 2.05) is 19.1 Å². The molecule has 0 aromatic rings. The second kappa shape index (κ2) is 10.4. The summed E-state index contributed by atoms with van der Waals surface area (Å²) in [5, 5.41) is 0. The Labute approximate surface area is 162 Å². The van der Waals surface area contributed by atoms with Crippen molar-refractivity contribution in [1.29, 1.82) is 0 Å². The van der Waals surface area contributed by atoms with Gasteiger partial charge in [0.15, 0.2) is 0 Å². The van der Waals surface area contributed by atoms with Crippen LogP contribution in [-0.2, 0) is 21.7 Å². The number of rotatable bonds is 3. The molecule has 0 aromatic carbocycles. The summed E-state index contributed by atoms with van der Waals surface area (Å²) in [6, 6.07) is 0. The Morgan fingerprint density at radius 3 is 1.52 bits per heavy atom. The molecular formula is C20H35NSiTi+. The van der Waals surface area contributed by atoms with Crippen LogP contribution in [0.25, 0.3) is 4.98 Å². The molecule has 0 amide bonds. The molecule has 1 nitrogen and oxygen atoms in total. The normalized spacial score (nSPS) is 19.6. The third kappa shape index (κ3) is 7.86. The Bertz CT molecular complexity index is 356. The first kappa shape index (κ1) is 25.6. The molecule has 0 spiro atoms. The van der Waals surface area contributed by atoms with E-state index in [1.165, 1.54) is 23.7 Å². The molecule has 1 rings (SSSR count). The fourth-order valence-electron chi connectivity index (χ4n) is 3.17. The van der Waals surface area contributed by atoms with E-state index in [2.05, 4.69) is 68.1 Å². The molecular weight excluding hydrogens is 330 g/mol. The van der Waals surface area contributed by atoms with E-state index in [-0.39, 0.29) is 27.3 Å². The van der Waals surface area contributed by atoms with Crippen molar-refractivity contribution in [2.45, 2.75) is 74.0 Å². The maximum atomic E-state index is 5.13. The van der Waals surface area contributed by atoms with Gasteiger partial charge in [0.1, 0.15) is 0 Å². The molecule has 1 saturated carbocycles. The molecule has 5 radical (unpaired) electrons. The second-order valence-corrected chi connectivity index (χ2v) is 11.3. The summed E-state index contributed by atoms with van der Waals surface area (Å²) < 4.78 is 0. The smallest absolute Gasteiger partial charge is 0.659 e. The van der Waals surface area contributed by atoms with Crippen LogP contribution in [0.1, 0.15) is 55.4 Å². The van der Waals surface area contributed by atoms with Crippen LogP contribution in [0, 0.1) is 29.2 Å². The summed E-state index contributed by atoms with van der Waals surface area (Å²) >= 11 is 0. The fraction of sp³-hybridized carbons (Fsp3) is 0.550. The van der Waals surface area contributed by atoms with E-state index in [9.17, 15) is 0 Å². The Morgan fingerprint density at radius 1 is 0.913 bits per heavy atom. The maximum Gasteiger partial charge on any atom is 2.00 e. The molecule has 3 heteroatoms. The quantitative estimate of drug-likeness (QED) is 0.394. The molecule has 1 aliphatic carbocycles. The minimum atomic E-state index is -1.69. The summed E-state index contributed by atoms with van der Waals surface area (Å²) in [6.07, 6.45) is 5.58. The third-order valence-electron chi connectivity index (χ3n) is 3.99. The van der Waals surface area contributed by atoms with Crippen LogP contribution in [0.2, 0.25) is 13.1 Å². The summed E-state index contributed by atoms with van der Waals surface area (Å²) in [5.41, 5.74) is 1.62. The van der Waals surface area contributed by atoms with Crippen LogP contribution in [0.5, 0.6) is 0 Å². The van der Waals surface area contributed by atoms with Gasteiger partial charge >= 0.3 is 21.7 Å². The van der Waals surface area contributed by atoms with E-state index in [1.54, 1.807) is 11.6 Å². The maximum absolute atomic E-state index is 5.13. The van der Waals surface area contributed by atoms with Crippen LogP contribution < -0.4 is 0 Å². The average Bonchev–Trinajstić information content (AvgIpc) is 2.53. The average molecular weight is 365 g/mol. The molecule has 127 valence electrons. The molecule has 0 aliphatic heterocycles. The SMILES string of the molecule is C=C/C=C/C.C[C]1[C](C)[C](C)[C]([Si](C)(C)[N-]C(C)(C)C)[C]1C.[Ti+2]. The molecule has 0 bridgehead atoms. The van der Waals surface area contributed by atoms with Crippen molar-refractivity contribution in [3.05, 3.63) is 59.0 Å². The van der Waals surface area contributed by atoms with E-state index in [4.69, 9.17) is 4.98 Å². The van der Waals surface area contributed by atoms with Crippen LogP contribution in [0.4, 0.5) is 0 Å². The van der Waals surface area contributed by atoms with Crippen LogP contribution in [0.15, 0.2) is 24.8 Å². The van der Waals surface area contributed by atoms with Gasteiger partial charge in [-0.25, -0.2) is 0 Å². The van der Waals surface area contributed by atoms with Crippen LogP contribution in [0.3, 0.4) is 0 Å². The Kier molecular flexibility index (Phi) is 11.6.